The summed E-state index contributed by atoms with van der Waals surface area (Å²) in [6, 6.07) is 0. The van der Waals surface area contributed by atoms with Crippen molar-refractivity contribution in [3.63, 3.8) is 0 Å². The van der Waals surface area contributed by atoms with Gasteiger partial charge in [-0.05, 0) is 22.7 Å². The van der Waals surface area contributed by atoms with Gasteiger partial charge >= 0.3 is 0 Å². The fraction of sp³-hybridized carbons (Fsp3) is 1.00. The highest BCUT2D eigenvalue weighted by molar-refractivity contribution is 9.09. The first kappa shape index (κ1) is 10.1. The summed E-state index contributed by atoms with van der Waals surface area (Å²) in [4.78, 5) is 0. The Kier molecular flexibility index (Phi) is 7.08. The summed E-state index contributed by atoms with van der Waals surface area (Å²) in [5.74, 6) is 2.72. The molecule has 3 heteroatoms. The van der Waals surface area contributed by atoms with E-state index in [2.05, 4.69) is 0 Å². The SMILES string of the molecule is C1CCCCSSSCCC1. The second-order valence-corrected chi connectivity index (χ2v) is 7.30. The Morgan fingerprint density at radius 1 is 0.545 bits per heavy atom. The lowest BCUT2D eigenvalue weighted by Gasteiger charge is -1.96. The average Bonchev–Trinajstić information content (AvgIpc) is 2.08. The molecule has 0 amide bonds. The molecule has 0 bridgehead atoms. The third-order valence-corrected chi connectivity index (χ3v) is 6.21. The molecule has 0 saturated carbocycles. The zero-order valence-corrected chi connectivity index (χ0v) is 9.33. The molecular formula is C8H16S3. The molecule has 0 radical (unpaired) electrons. The Labute approximate surface area is 81.5 Å². The van der Waals surface area contributed by atoms with Crippen LogP contribution in [0.5, 0.6) is 0 Å². The molecule has 0 aromatic rings. The minimum absolute atomic E-state index is 1.36. The Bertz CT molecular complexity index is 47.4. The molecule has 1 aliphatic heterocycles. The molecule has 0 aliphatic carbocycles. The molecule has 1 rings (SSSR count). The van der Waals surface area contributed by atoms with Crippen LogP contribution in [0.15, 0.2) is 0 Å². The smallest absolute Gasteiger partial charge is 0.00451 e. The van der Waals surface area contributed by atoms with E-state index in [1.165, 1.54) is 50.0 Å². The Balaban J connectivity index is 2.02. The van der Waals surface area contributed by atoms with Gasteiger partial charge in [0.25, 0.3) is 0 Å². The van der Waals surface area contributed by atoms with E-state index in [4.69, 9.17) is 0 Å². The van der Waals surface area contributed by atoms with Gasteiger partial charge in [0.2, 0.25) is 0 Å². The maximum absolute atomic E-state index is 2.04. The molecule has 0 nitrogen and oxygen atoms in total. The molecule has 11 heavy (non-hydrogen) atoms. The summed E-state index contributed by atoms with van der Waals surface area (Å²) in [6.07, 6.45) is 8.71. The van der Waals surface area contributed by atoms with Gasteiger partial charge in [0.05, 0.1) is 0 Å². The third kappa shape index (κ3) is 6.23. The fourth-order valence-corrected chi connectivity index (χ4v) is 5.14. The van der Waals surface area contributed by atoms with Crippen LogP contribution in [0.3, 0.4) is 0 Å². The normalized spacial score (nSPS) is 24.0. The van der Waals surface area contributed by atoms with Gasteiger partial charge in [-0.3, -0.25) is 0 Å². The van der Waals surface area contributed by atoms with Crippen LogP contribution in [-0.2, 0) is 0 Å². The third-order valence-electron chi connectivity index (χ3n) is 1.80. The standard InChI is InChI=1S/C8H16S3/c1-2-4-6-8-10-11-9-7-5-3-1/h1-8H2. The highest BCUT2D eigenvalue weighted by Crippen LogP contribution is 2.36. The van der Waals surface area contributed by atoms with Crippen LogP contribution in [0.1, 0.15) is 38.5 Å². The van der Waals surface area contributed by atoms with E-state index in [0.717, 1.165) is 0 Å². The van der Waals surface area contributed by atoms with E-state index >= 15 is 0 Å². The first-order valence-corrected chi connectivity index (χ1v) is 8.23. The van der Waals surface area contributed by atoms with Crippen LogP contribution in [0.25, 0.3) is 0 Å². The van der Waals surface area contributed by atoms with Crippen molar-refractivity contribution in [2.24, 2.45) is 0 Å². The maximum atomic E-state index is 2.04. The van der Waals surface area contributed by atoms with E-state index in [1.807, 2.05) is 31.4 Å². The first-order valence-electron chi connectivity index (χ1n) is 4.41. The van der Waals surface area contributed by atoms with E-state index in [9.17, 15) is 0 Å². The second kappa shape index (κ2) is 7.69. The maximum Gasteiger partial charge on any atom is 0.00451 e. The first-order chi connectivity index (χ1) is 5.50. The van der Waals surface area contributed by atoms with Crippen LogP contribution < -0.4 is 0 Å². The van der Waals surface area contributed by atoms with Crippen molar-refractivity contribution >= 4 is 31.4 Å². The summed E-state index contributed by atoms with van der Waals surface area (Å²) in [5.41, 5.74) is 0. The molecule has 1 aliphatic rings. The van der Waals surface area contributed by atoms with Crippen LogP contribution in [0.4, 0.5) is 0 Å². The van der Waals surface area contributed by atoms with Crippen molar-refractivity contribution in [1.82, 2.24) is 0 Å². The lowest BCUT2D eigenvalue weighted by molar-refractivity contribution is 0.630. The van der Waals surface area contributed by atoms with Crippen LogP contribution in [-0.4, -0.2) is 11.5 Å². The predicted octanol–water partition coefficient (Wildman–Crippen LogP) is 4.37. The van der Waals surface area contributed by atoms with Crippen molar-refractivity contribution in [3.05, 3.63) is 0 Å². The quantitative estimate of drug-likeness (QED) is 0.543. The summed E-state index contributed by atoms with van der Waals surface area (Å²) in [7, 11) is 6.08. The number of rotatable bonds is 0. The van der Waals surface area contributed by atoms with Gasteiger partial charge in [0.1, 0.15) is 0 Å². The highest BCUT2D eigenvalue weighted by atomic mass is 33.5. The molecule has 66 valence electrons. The van der Waals surface area contributed by atoms with Gasteiger partial charge in [-0.2, -0.15) is 0 Å². The summed E-state index contributed by atoms with van der Waals surface area (Å²) in [6.45, 7) is 0. The molecule has 0 spiro atoms. The van der Waals surface area contributed by atoms with Gasteiger partial charge in [0.15, 0.2) is 0 Å². The summed E-state index contributed by atoms with van der Waals surface area (Å²) >= 11 is 0. The van der Waals surface area contributed by atoms with Crippen LogP contribution >= 0.6 is 31.4 Å². The fourth-order valence-electron chi connectivity index (χ4n) is 1.13. The summed E-state index contributed by atoms with van der Waals surface area (Å²) < 4.78 is 0. The van der Waals surface area contributed by atoms with E-state index in [0.29, 0.717) is 0 Å². The van der Waals surface area contributed by atoms with Crippen molar-refractivity contribution in [2.75, 3.05) is 11.5 Å². The van der Waals surface area contributed by atoms with Gasteiger partial charge in [-0.1, -0.05) is 47.3 Å². The van der Waals surface area contributed by atoms with E-state index in [1.54, 1.807) is 0 Å². The Morgan fingerprint density at radius 2 is 1.00 bits per heavy atom. The zero-order chi connectivity index (χ0) is 7.78. The molecule has 0 N–H and O–H groups in total. The minimum Gasteiger partial charge on any atom is -0.0826 e. The summed E-state index contributed by atoms with van der Waals surface area (Å²) in [5, 5.41) is 0. The highest BCUT2D eigenvalue weighted by Gasteiger charge is 1.96. The lowest BCUT2D eigenvalue weighted by atomic mass is 10.1. The topological polar surface area (TPSA) is 0 Å². The van der Waals surface area contributed by atoms with Crippen LogP contribution in [0, 0.1) is 0 Å². The Hall–Kier alpha value is 1.05. The van der Waals surface area contributed by atoms with Crippen LogP contribution in [0.2, 0.25) is 0 Å². The van der Waals surface area contributed by atoms with Crippen molar-refractivity contribution in [1.29, 1.82) is 0 Å². The molecule has 0 aromatic carbocycles. The molecule has 0 aromatic heterocycles. The minimum atomic E-state index is 1.36. The number of hydrogen-bond donors (Lipinski definition) is 0. The predicted molar refractivity (Wildman–Crippen MR) is 60.2 cm³/mol. The lowest BCUT2D eigenvalue weighted by Crippen LogP contribution is -1.81. The Morgan fingerprint density at radius 3 is 1.55 bits per heavy atom. The van der Waals surface area contributed by atoms with E-state index in [-0.39, 0.29) is 0 Å². The number of hydrogen-bond acceptors (Lipinski definition) is 3. The molecule has 0 unspecified atom stereocenters. The largest absolute Gasteiger partial charge is 0.0826 e. The molecule has 0 atom stereocenters. The van der Waals surface area contributed by atoms with Crippen molar-refractivity contribution in [2.45, 2.75) is 38.5 Å². The molecular weight excluding hydrogens is 192 g/mol. The molecule has 1 fully saturated rings. The zero-order valence-electron chi connectivity index (χ0n) is 6.88. The molecule has 1 saturated heterocycles. The van der Waals surface area contributed by atoms with E-state index < -0.39 is 0 Å². The van der Waals surface area contributed by atoms with Gasteiger partial charge in [-0.25, -0.2) is 0 Å². The average molecular weight is 208 g/mol. The van der Waals surface area contributed by atoms with Gasteiger partial charge in [0, 0.05) is 11.5 Å². The monoisotopic (exact) mass is 208 g/mol. The van der Waals surface area contributed by atoms with Crippen molar-refractivity contribution in [3.8, 4) is 0 Å². The molecule has 1 heterocycles. The van der Waals surface area contributed by atoms with Gasteiger partial charge in [-0.15, -0.1) is 0 Å². The van der Waals surface area contributed by atoms with Crippen molar-refractivity contribution < 1.29 is 0 Å². The van der Waals surface area contributed by atoms with Gasteiger partial charge < -0.3 is 0 Å². The second-order valence-electron chi connectivity index (χ2n) is 2.83.